The molecule has 0 fully saturated rings. The first-order valence-electron chi connectivity index (χ1n) is 7.09. The van der Waals surface area contributed by atoms with Gasteiger partial charge < -0.3 is 5.32 Å². The van der Waals surface area contributed by atoms with Crippen LogP contribution in [0.1, 0.15) is 12.0 Å². The van der Waals surface area contributed by atoms with Crippen LogP contribution in [0.25, 0.3) is 0 Å². The van der Waals surface area contributed by atoms with Gasteiger partial charge in [-0.2, -0.15) is 0 Å². The quantitative estimate of drug-likeness (QED) is 0.436. The van der Waals surface area contributed by atoms with E-state index in [0.29, 0.717) is 12.1 Å². The fourth-order valence-electron chi connectivity index (χ4n) is 2.47. The molecule has 1 aliphatic rings. The average Bonchev–Trinajstić information content (AvgIpc) is 2.74. The Hall–Kier alpha value is -1.82. The van der Waals surface area contributed by atoms with Crippen molar-refractivity contribution in [3.05, 3.63) is 64.2 Å². The lowest BCUT2D eigenvalue weighted by Crippen LogP contribution is -2.35. The van der Waals surface area contributed by atoms with E-state index in [1.807, 2.05) is 24.3 Å². The summed E-state index contributed by atoms with van der Waals surface area (Å²) < 4.78 is -1.53. The maximum absolute atomic E-state index is 10.8. The van der Waals surface area contributed by atoms with Crippen LogP contribution in [0.15, 0.2) is 53.5 Å². The summed E-state index contributed by atoms with van der Waals surface area (Å²) in [4.78, 5) is 15.0. The predicted octanol–water partition coefficient (Wildman–Crippen LogP) is 5.27. The van der Waals surface area contributed by atoms with E-state index < -0.39 is 14.8 Å². The minimum Gasteiger partial charge on any atom is -0.376 e. The molecular weight excluding hydrogens is 373 g/mol. The predicted molar refractivity (Wildman–Crippen MR) is 98.1 cm³/mol. The number of nitrogens with zero attached hydrogens (tertiary/aromatic N) is 2. The first-order chi connectivity index (χ1) is 11.3. The van der Waals surface area contributed by atoms with Crippen molar-refractivity contribution in [3.8, 4) is 0 Å². The van der Waals surface area contributed by atoms with E-state index in [-0.39, 0.29) is 5.69 Å². The Morgan fingerprint density at radius 3 is 2.42 bits per heavy atom. The van der Waals surface area contributed by atoms with Crippen LogP contribution in [0.2, 0.25) is 0 Å². The van der Waals surface area contributed by atoms with Crippen molar-refractivity contribution >= 4 is 57.6 Å². The van der Waals surface area contributed by atoms with Gasteiger partial charge in [-0.15, -0.1) is 0 Å². The molecule has 0 aromatic heterocycles. The third-order valence-corrected chi connectivity index (χ3v) is 4.48. The number of non-ortho nitro benzene ring substituents is 1. The third-order valence-electron chi connectivity index (χ3n) is 3.69. The number of para-hydroxylation sites is 2. The van der Waals surface area contributed by atoms with Crippen LogP contribution >= 0.6 is 34.8 Å². The molecule has 1 aliphatic heterocycles. The number of fused-ring (bicyclic) bond motifs is 1. The van der Waals surface area contributed by atoms with Crippen LogP contribution < -0.4 is 5.32 Å². The number of nitrogens with one attached hydrogen (secondary N) is 1. The number of alkyl halides is 3. The number of nitro groups is 1. The summed E-state index contributed by atoms with van der Waals surface area (Å²) in [6, 6.07) is 13.1. The normalized spacial score (nSPS) is 17.3. The Morgan fingerprint density at radius 1 is 1.12 bits per heavy atom. The molecule has 2 aromatic rings. The second kappa shape index (κ2) is 6.59. The summed E-state index contributed by atoms with van der Waals surface area (Å²) in [5.41, 5.74) is 2.95. The number of hydrogen-bond donors (Lipinski definition) is 1. The molecule has 3 rings (SSSR count). The van der Waals surface area contributed by atoms with Gasteiger partial charge in [0, 0.05) is 18.6 Å². The van der Waals surface area contributed by atoms with Gasteiger partial charge in [0.1, 0.15) is 0 Å². The van der Waals surface area contributed by atoms with E-state index in [0.717, 1.165) is 16.9 Å². The van der Waals surface area contributed by atoms with Crippen LogP contribution in [0.3, 0.4) is 0 Å². The molecule has 8 heteroatoms. The SMILES string of the molecule is O=[N+]([O-])c1ccc(C2=Nc3ccccc3N[C@@H](C(Cl)(Cl)Cl)C2)cc1. The molecule has 0 saturated carbocycles. The maximum Gasteiger partial charge on any atom is 0.269 e. The zero-order chi connectivity index (χ0) is 17.3. The van der Waals surface area contributed by atoms with Crippen molar-refractivity contribution in [2.75, 3.05) is 5.32 Å². The molecule has 0 spiro atoms. The highest BCUT2D eigenvalue weighted by Gasteiger charge is 2.35. The Kier molecular flexibility index (Phi) is 4.67. The summed E-state index contributed by atoms with van der Waals surface area (Å²) in [6.07, 6.45) is 0.364. The van der Waals surface area contributed by atoms with Crippen LogP contribution in [-0.4, -0.2) is 20.5 Å². The molecule has 1 N–H and O–H groups in total. The van der Waals surface area contributed by atoms with E-state index >= 15 is 0 Å². The largest absolute Gasteiger partial charge is 0.376 e. The molecule has 5 nitrogen and oxygen atoms in total. The molecule has 2 aromatic carbocycles. The Balaban J connectivity index is 2.04. The van der Waals surface area contributed by atoms with Crippen molar-refractivity contribution in [1.82, 2.24) is 0 Å². The molecule has 0 amide bonds. The van der Waals surface area contributed by atoms with E-state index in [1.165, 1.54) is 12.1 Å². The topological polar surface area (TPSA) is 67.5 Å². The zero-order valence-electron chi connectivity index (χ0n) is 12.2. The van der Waals surface area contributed by atoms with Gasteiger partial charge in [0.2, 0.25) is 3.79 Å². The number of halogens is 3. The van der Waals surface area contributed by atoms with Crippen LogP contribution in [0.4, 0.5) is 17.1 Å². The summed E-state index contributed by atoms with van der Waals surface area (Å²) in [7, 11) is 0. The standard InChI is InChI=1S/C16H12Cl3N3O2/c17-16(18,19)15-9-14(10-5-7-11(8-6-10)22(23)24)20-12-3-1-2-4-13(12)21-15/h1-8,15,21H,9H2/t15-/m1/s1. The molecule has 0 saturated heterocycles. The maximum atomic E-state index is 10.8. The number of rotatable bonds is 2. The Bertz CT molecular complexity index is 801. The van der Waals surface area contributed by atoms with Gasteiger partial charge >= 0.3 is 0 Å². The summed E-state index contributed by atoms with van der Waals surface area (Å²) >= 11 is 18.3. The fourth-order valence-corrected chi connectivity index (χ4v) is 2.87. The molecule has 0 unspecified atom stereocenters. The lowest BCUT2D eigenvalue weighted by Gasteiger charge is -2.25. The van der Waals surface area contributed by atoms with Gasteiger partial charge in [-0.3, -0.25) is 15.1 Å². The molecule has 124 valence electrons. The smallest absolute Gasteiger partial charge is 0.269 e. The summed E-state index contributed by atoms with van der Waals surface area (Å²) in [5, 5.41) is 14.0. The third kappa shape index (κ3) is 3.64. The minimum absolute atomic E-state index is 0.0180. The minimum atomic E-state index is -1.53. The van der Waals surface area contributed by atoms with E-state index in [9.17, 15) is 10.1 Å². The fraction of sp³-hybridized carbons (Fsp3) is 0.188. The van der Waals surface area contributed by atoms with Crippen LogP contribution in [0, 0.1) is 10.1 Å². The highest BCUT2D eigenvalue weighted by atomic mass is 35.6. The number of nitro benzene ring substituents is 1. The number of aliphatic imine (C=N–C) groups is 1. The number of hydrogen-bond acceptors (Lipinski definition) is 4. The average molecular weight is 385 g/mol. The second-order valence-electron chi connectivity index (χ2n) is 5.32. The molecule has 1 heterocycles. The number of anilines is 1. The summed E-state index contributed by atoms with van der Waals surface area (Å²) in [5.74, 6) is 0. The second-order valence-corrected chi connectivity index (χ2v) is 7.69. The molecular formula is C16H12Cl3N3O2. The van der Waals surface area contributed by atoms with E-state index in [1.54, 1.807) is 12.1 Å². The Morgan fingerprint density at radius 2 is 1.79 bits per heavy atom. The Labute approximate surface area is 153 Å². The zero-order valence-corrected chi connectivity index (χ0v) is 14.5. The first kappa shape index (κ1) is 17.0. The van der Waals surface area contributed by atoms with Crippen LogP contribution in [-0.2, 0) is 0 Å². The van der Waals surface area contributed by atoms with Crippen molar-refractivity contribution in [2.45, 2.75) is 16.3 Å². The van der Waals surface area contributed by atoms with Gasteiger partial charge in [-0.05, 0) is 29.8 Å². The van der Waals surface area contributed by atoms with Gasteiger partial charge in [0.25, 0.3) is 5.69 Å². The van der Waals surface area contributed by atoms with Gasteiger partial charge in [0.15, 0.2) is 0 Å². The van der Waals surface area contributed by atoms with Gasteiger partial charge in [-0.1, -0.05) is 46.9 Å². The van der Waals surface area contributed by atoms with Gasteiger partial charge in [0.05, 0.1) is 28.1 Å². The van der Waals surface area contributed by atoms with Crippen molar-refractivity contribution in [2.24, 2.45) is 4.99 Å². The highest BCUT2D eigenvalue weighted by molar-refractivity contribution is 6.68. The van der Waals surface area contributed by atoms with Gasteiger partial charge in [-0.25, -0.2) is 0 Å². The number of benzene rings is 2. The lowest BCUT2D eigenvalue weighted by molar-refractivity contribution is -0.384. The van der Waals surface area contributed by atoms with E-state index in [4.69, 9.17) is 34.8 Å². The molecule has 0 bridgehead atoms. The van der Waals surface area contributed by atoms with Crippen molar-refractivity contribution in [1.29, 1.82) is 0 Å². The molecule has 0 radical (unpaired) electrons. The first-order valence-corrected chi connectivity index (χ1v) is 8.22. The molecule has 24 heavy (non-hydrogen) atoms. The highest BCUT2D eigenvalue weighted by Crippen LogP contribution is 2.39. The van der Waals surface area contributed by atoms with E-state index in [2.05, 4.69) is 10.3 Å². The van der Waals surface area contributed by atoms with Crippen molar-refractivity contribution < 1.29 is 4.92 Å². The molecule has 1 atom stereocenters. The van der Waals surface area contributed by atoms with Crippen molar-refractivity contribution in [3.63, 3.8) is 0 Å². The summed E-state index contributed by atoms with van der Waals surface area (Å²) in [6.45, 7) is 0. The van der Waals surface area contributed by atoms with Crippen LogP contribution in [0.5, 0.6) is 0 Å². The molecule has 0 aliphatic carbocycles. The monoisotopic (exact) mass is 383 g/mol. The lowest BCUT2D eigenvalue weighted by atomic mass is 10.0.